The van der Waals surface area contributed by atoms with Gasteiger partial charge in [0.05, 0.1) is 5.41 Å². The van der Waals surface area contributed by atoms with Gasteiger partial charge in [-0.05, 0) is 18.4 Å². The lowest BCUT2D eigenvalue weighted by atomic mass is 9.86. The fourth-order valence-corrected chi connectivity index (χ4v) is 2.66. The predicted molar refractivity (Wildman–Crippen MR) is 72.9 cm³/mol. The Morgan fingerprint density at radius 2 is 1.80 bits per heavy atom. The molecule has 0 aromatic heterocycles. The van der Waals surface area contributed by atoms with Crippen molar-refractivity contribution in [1.82, 2.24) is 5.32 Å². The Hall–Kier alpha value is -1.88. The summed E-state index contributed by atoms with van der Waals surface area (Å²) in [4.78, 5) is 23.3. The van der Waals surface area contributed by atoms with Crippen LogP contribution in [0.4, 0.5) is 0 Å². The normalized spacial score (nSPS) is 18.4. The molecule has 20 heavy (non-hydrogen) atoms. The molecule has 1 fully saturated rings. The van der Waals surface area contributed by atoms with E-state index in [-0.39, 0.29) is 6.54 Å². The van der Waals surface area contributed by atoms with Crippen LogP contribution in [0.2, 0.25) is 0 Å². The first-order chi connectivity index (χ1) is 9.55. The second-order valence-corrected chi connectivity index (χ2v) is 5.32. The third-order valence-corrected chi connectivity index (χ3v) is 3.98. The lowest BCUT2D eigenvalue weighted by molar-refractivity contribution is -0.148. The van der Waals surface area contributed by atoms with E-state index in [1.807, 2.05) is 0 Å². The van der Waals surface area contributed by atoms with Gasteiger partial charge in [0.15, 0.2) is 6.10 Å². The van der Waals surface area contributed by atoms with Gasteiger partial charge in [0, 0.05) is 6.54 Å². The maximum absolute atomic E-state index is 11.9. The Labute approximate surface area is 117 Å². The quantitative estimate of drug-likeness (QED) is 0.761. The zero-order valence-electron chi connectivity index (χ0n) is 11.2. The van der Waals surface area contributed by atoms with Crippen LogP contribution < -0.4 is 5.32 Å². The number of nitrogens with one attached hydrogen (secondary N) is 1. The summed E-state index contributed by atoms with van der Waals surface area (Å²) >= 11 is 0. The second-order valence-electron chi connectivity index (χ2n) is 5.32. The fraction of sp³-hybridized carbons (Fsp3) is 0.467. The Morgan fingerprint density at radius 1 is 1.20 bits per heavy atom. The Kier molecular flexibility index (Phi) is 4.39. The standard InChI is InChI=1S/C15H19NO4/c17-12(11-6-2-1-3-7-11)13(18)16-10-15(14(19)20)8-4-5-9-15/h1-3,6-7,12,17H,4-5,8-10H2,(H,16,18)(H,19,20). The highest BCUT2D eigenvalue weighted by Gasteiger charge is 2.41. The number of aliphatic carboxylic acids is 1. The molecule has 5 nitrogen and oxygen atoms in total. The molecule has 1 aliphatic rings. The van der Waals surface area contributed by atoms with Gasteiger partial charge in [-0.2, -0.15) is 0 Å². The summed E-state index contributed by atoms with van der Waals surface area (Å²) in [5, 5.41) is 21.8. The van der Waals surface area contributed by atoms with Crippen LogP contribution in [0.5, 0.6) is 0 Å². The fourth-order valence-electron chi connectivity index (χ4n) is 2.66. The maximum atomic E-state index is 11.9. The van der Waals surface area contributed by atoms with Crippen molar-refractivity contribution < 1.29 is 19.8 Å². The van der Waals surface area contributed by atoms with Crippen molar-refractivity contribution in [2.45, 2.75) is 31.8 Å². The third kappa shape index (κ3) is 2.99. The van der Waals surface area contributed by atoms with Crippen LogP contribution in [-0.2, 0) is 9.59 Å². The van der Waals surface area contributed by atoms with Crippen molar-refractivity contribution in [2.24, 2.45) is 5.41 Å². The smallest absolute Gasteiger partial charge is 0.311 e. The number of hydrogen-bond donors (Lipinski definition) is 3. The van der Waals surface area contributed by atoms with Gasteiger partial charge in [-0.3, -0.25) is 9.59 Å². The monoisotopic (exact) mass is 277 g/mol. The number of carboxylic acids is 1. The number of amides is 1. The van der Waals surface area contributed by atoms with Gasteiger partial charge in [-0.1, -0.05) is 43.2 Å². The Morgan fingerprint density at radius 3 is 2.35 bits per heavy atom. The van der Waals surface area contributed by atoms with E-state index in [1.165, 1.54) is 0 Å². The van der Waals surface area contributed by atoms with E-state index < -0.39 is 23.4 Å². The lowest BCUT2D eigenvalue weighted by Crippen LogP contribution is -2.42. The first-order valence-corrected chi connectivity index (χ1v) is 6.79. The van der Waals surface area contributed by atoms with Gasteiger partial charge >= 0.3 is 5.97 Å². The minimum atomic E-state index is -1.26. The minimum Gasteiger partial charge on any atom is -0.481 e. The number of rotatable bonds is 5. The topological polar surface area (TPSA) is 86.6 Å². The molecule has 0 radical (unpaired) electrons. The van der Waals surface area contributed by atoms with Crippen LogP contribution in [-0.4, -0.2) is 28.6 Å². The molecule has 1 aromatic rings. The van der Waals surface area contributed by atoms with Gasteiger partial charge in [0.1, 0.15) is 0 Å². The van der Waals surface area contributed by atoms with Gasteiger partial charge < -0.3 is 15.5 Å². The molecule has 1 atom stereocenters. The number of carbonyl (C=O) groups is 2. The molecule has 2 rings (SSSR count). The van der Waals surface area contributed by atoms with Crippen LogP contribution in [0.1, 0.15) is 37.4 Å². The SMILES string of the molecule is O=C(NCC1(C(=O)O)CCCC1)C(O)c1ccccc1. The highest BCUT2D eigenvalue weighted by Crippen LogP contribution is 2.37. The maximum Gasteiger partial charge on any atom is 0.311 e. The van der Waals surface area contributed by atoms with Crippen molar-refractivity contribution in [3.05, 3.63) is 35.9 Å². The lowest BCUT2D eigenvalue weighted by Gasteiger charge is -2.24. The van der Waals surface area contributed by atoms with Crippen molar-refractivity contribution in [3.63, 3.8) is 0 Å². The number of benzene rings is 1. The molecule has 1 saturated carbocycles. The number of carboxylic acid groups (broad SMARTS) is 1. The summed E-state index contributed by atoms with van der Waals surface area (Å²) in [6, 6.07) is 8.59. The van der Waals surface area contributed by atoms with E-state index >= 15 is 0 Å². The third-order valence-electron chi connectivity index (χ3n) is 3.98. The molecule has 5 heteroatoms. The summed E-state index contributed by atoms with van der Waals surface area (Å²) in [6.07, 6.45) is 1.62. The molecule has 1 amide bonds. The highest BCUT2D eigenvalue weighted by atomic mass is 16.4. The molecule has 0 heterocycles. The minimum absolute atomic E-state index is 0.0745. The van der Waals surface area contributed by atoms with Crippen LogP contribution in [0.25, 0.3) is 0 Å². The van der Waals surface area contributed by atoms with Crippen molar-refractivity contribution in [2.75, 3.05) is 6.54 Å². The van der Waals surface area contributed by atoms with Crippen LogP contribution in [0.3, 0.4) is 0 Å². The van der Waals surface area contributed by atoms with Crippen molar-refractivity contribution in [1.29, 1.82) is 0 Å². The summed E-state index contributed by atoms with van der Waals surface area (Å²) in [5.41, 5.74) is -0.368. The largest absolute Gasteiger partial charge is 0.481 e. The first-order valence-electron chi connectivity index (χ1n) is 6.79. The highest BCUT2D eigenvalue weighted by molar-refractivity contribution is 5.83. The van der Waals surface area contributed by atoms with E-state index in [4.69, 9.17) is 0 Å². The molecule has 1 unspecified atom stereocenters. The van der Waals surface area contributed by atoms with Crippen LogP contribution >= 0.6 is 0 Å². The van der Waals surface area contributed by atoms with Crippen molar-refractivity contribution in [3.8, 4) is 0 Å². The number of aliphatic hydroxyl groups excluding tert-OH is 1. The molecule has 1 aromatic carbocycles. The van der Waals surface area contributed by atoms with E-state index in [0.29, 0.717) is 18.4 Å². The van der Waals surface area contributed by atoms with Gasteiger partial charge in [-0.15, -0.1) is 0 Å². The zero-order chi connectivity index (χ0) is 14.6. The molecule has 0 aliphatic heterocycles. The molecular weight excluding hydrogens is 258 g/mol. The van der Waals surface area contributed by atoms with Gasteiger partial charge in [-0.25, -0.2) is 0 Å². The Balaban J connectivity index is 1.96. The first kappa shape index (κ1) is 14.5. The molecule has 0 bridgehead atoms. The average molecular weight is 277 g/mol. The van der Waals surface area contributed by atoms with E-state index in [9.17, 15) is 19.8 Å². The molecule has 108 valence electrons. The van der Waals surface area contributed by atoms with Crippen LogP contribution in [0, 0.1) is 5.41 Å². The average Bonchev–Trinajstić information content (AvgIpc) is 2.95. The zero-order valence-corrected chi connectivity index (χ0v) is 11.2. The molecule has 3 N–H and O–H groups in total. The number of aliphatic hydroxyl groups is 1. The van der Waals surface area contributed by atoms with Crippen LogP contribution in [0.15, 0.2) is 30.3 Å². The second kappa shape index (κ2) is 6.05. The summed E-state index contributed by atoms with van der Waals surface area (Å²) in [6.45, 7) is 0.0745. The molecule has 0 spiro atoms. The van der Waals surface area contributed by atoms with Gasteiger partial charge in [0.25, 0.3) is 5.91 Å². The van der Waals surface area contributed by atoms with E-state index in [0.717, 1.165) is 12.8 Å². The summed E-state index contributed by atoms with van der Waals surface area (Å²) in [7, 11) is 0. The van der Waals surface area contributed by atoms with Crippen molar-refractivity contribution >= 4 is 11.9 Å². The summed E-state index contributed by atoms with van der Waals surface area (Å²) < 4.78 is 0. The predicted octanol–water partition coefficient (Wildman–Crippen LogP) is 1.48. The Bertz CT molecular complexity index is 480. The van der Waals surface area contributed by atoms with Gasteiger partial charge in [0.2, 0.25) is 0 Å². The molecular formula is C15H19NO4. The molecule has 1 aliphatic carbocycles. The number of carbonyl (C=O) groups excluding carboxylic acids is 1. The molecule has 0 saturated heterocycles. The summed E-state index contributed by atoms with van der Waals surface area (Å²) in [5.74, 6) is -1.42. The van der Waals surface area contributed by atoms with E-state index in [1.54, 1.807) is 30.3 Å². The van der Waals surface area contributed by atoms with E-state index in [2.05, 4.69) is 5.32 Å². The number of hydrogen-bond acceptors (Lipinski definition) is 3.